The van der Waals surface area contributed by atoms with Crippen molar-refractivity contribution in [3.05, 3.63) is 48.3 Å². The van der Waals surface area contributed by atoms with Gasteiger partial charge in [0.2, 0.25) is 0 Å². The molecule has 0 aliphatic carbocycles. The van der Waals surface area contributed by atoms with E-state index in [4.69, 9.17) is 5.73 Å². The molecule has 2 heterocycles. The zero-order chi connectivity index (χ0) is 14.8. The number of carbonyl (C=O) groups is 2. The molecule has 2 aromatic rings. The number of nitrogens with one attached hydrogen (secondary N) is 1. The van der Waals surface area contributed by atoms with Gasteiger partial charge < -0.3 is 16.0 Å². The first-order chi connectivity index (χ1) is 10.1. The molecule has 1 saturated heterocycles. The number of hydrogen-bond acceptors (Lipinski definition) is 3. The van der Waals surface area contributed by atoms with Crippen LogP contribution in [0.1, 0.15) is 10.4 Å². The summed E-state index contributed by atoms with van der Waals surface area (Å²) < 4.78 is 1.69. The summed E-state index contributed by atoms with van der Waals surface area (Å²) in [6.45, 7) is 0.917. The molecule has 1 aliphatic heterocycles. The molecule has 21 heavy (non-hydrogen) atoms. The summed E-state index contributed by atoms with van der Waals surface area (Å²) in [7, 11) is 0. The van der Waals surface area contributed by atoms with Crippen molar-refractivity contribution in [2.75, 3.05) is 13.1 Å². The Bertz CT molecular complexity index is 662. The lowest BCUT2D eigenvalue weighted by atomic mass is 10.1. The number of carbonyl (C=O) groups excluding carboxylic acids is 2. The van der Waals surface area contributed by atoms with Gasteiger partial charge in [0.25, 0.3) is 5.91 Å². The lowest BCUT2D eigenvalue weighted by Crippen LogP contribution is -2.62. The van der Waals surface area contributed by atoms with Gasteiger partial charge in [-0.15, -0.1) is 0 Å². The molecule has 7 nitrogen and oxygen atoms in total. The summed E-state index contributed by atoms with van der Waals surface area (Å²) >= 11 is 0. The van der Waals surface area contributed by atoms with Crippen molar-refractivity contribution in [2.24, 2.45) is 5.73 Å². The second kappa shape index (κ2) is 5.28. The van der Waals surface area contributed by atoms with Gasteiger partial charge in [0.15, 0.2) is 0 Å². The maximum Gasteiger partial charge on any atom is 0.314 e. The summed E-state index contributed by atoms with van der Waals surface area (Å²) in [5.41, 5.74) is 6.52. The summed E-state index contributed by atoms with van der Waals surface area (Å²) in [5.74, 6) is -0.168. The molecule has 0 bridgehead atoms. The topological polar surface area (TPSA) is 93.3 Å². The van der Waals surface area contributed by atoms with Crippen LogP contribution >= 0.6 is 0 Å². The van der Waals surface area contributed by atoms with Crippen LogP contribution in [0.3, 0.4) is 0 Å². The number of urea groups is 1. The van der Waals surface area contributed by atoms with Crippen molar-refractivity contribution in [3.63, 3.8) is 0 Å². The van der Waals surface area contributed by atoms with Crippen molar-refractivity contribution in [3.8, 4) is 5.69 Å². The van der Waals surface area contributed by atoms with E-state index in [1.807, 2.05) is 24.4 Å². The van der Waals surface area contributed by atoms with Crippen molar-refractivity contribution >= 4 is 11.9 Å². The zero-order valence-electron chi connectivity index (χ0n) is 11.3. The largest absolute Gasteiger partial charge is 0.351 e. The van der Waals surface area contributed by atoms with Gasteiger partial charge in [0, 0.05) is 31.0 Å². The Morgan fingerprint density at radius 1 is 1.29 bits per heavy atom. The third kappa shape index (κ3) is 2.71. The fourth-order valence-corrected chi connectivity index (χ4v) is 2.23. The molecule has 3 N–H and O–H groups in total. The Labute approximate surface area is 121 Å². The van der Waals surface area contributed by atoms with Gasteiger partial charge in [-0.25, -0.2) is 9.48 Å². The first-order valence-electron chi connectivity index (χ1n) is 6.59. The Morgan fingerprint density at radius 2 is 2.10 bits per heavy atom. The third-order valence-electron chi connectivity index (χ3n) is 3.41. The summed E-state index contributed by atoms with van der Waals surface area (Å²) in [6.07, 6.45) is 3.49. The second-order valence-corrected chi connectivity index (χ2v) is 4.91. The van der Waals surface area contributed by atoms with Gasteiger partial charge >= 0.3 is 6.03 Å². The molecule has 0 saturated carbocycles. The van der Waals surface area contributed by atoms with Crippen molar-refractivity contribution in [1.82, 2.24) is 20.0 Å². The normalized spacial score (nSPS) is 14.6. The molecule has 1 aliphatic rings. The first kappa shape index (κ1) is 13.2. The monoisotopic (exact) mass is 285 g/mol. The van der Waals surface area contributed by atoms with Crippen LogP contribution in [0.2, 0.25) is 0 Å². The van der Waals surface area contributed by atoms with Crippen LogP contribution in [0, 0.1) is 0 Å². The number of aromatic nitrogens is 2. The molecule has 1 fully saturated rings. The van der Waals surface area contributed by atoms with Gasteiger partial charge in [-0.05, 0) is 24.3 Å². The highest BCUT2D eigenvalue weighted by molar-refractivity contribution is 5.95. The summed E-state index contributed by atoms with van der Waals surface area (Å²) in [4.78, 5) is 24.5. The highest BCUT2D eigenvalue weighted by atomic mass is 16.2. The maximum absolute atomic E-state index is 12.2. The van der Waals surface area contributed by atoms with E-state index < -0.39 is 6.03 Å². The number of rotatable bonds is 3. The molecule has 0 spiro atoms. The number of hydrogen-bond donors (Lipinski definition) is 2. The van der Waals surface area contributed by atoms with Crippen LogP contribution in [0.15, 0.2) is 42.7 Å². The minimum absolute atomic E-state index is 0.0432. The molecule has 0 atom stereocenters. The summed E-state index contributed by atoms with van der Waals surface area (Å²) in [6, 6.07) is 8.52. The van der Waals surface area contributed by atoms with Crippen LogP contribution in [0.5, 0.6) is 0 Å². The van der Waals surface area contributed by atoms with E-state index in [1.54, 1.807) is 23.0 Å². The quantitative estimate of drug-likeness (QED) is 0.853. The molecule has 0 unspecified atom stereocenters. The van der Waals surface area contributed by atoms with Gasteiger partial charge in [0.05, 0.1) is 11.7 Å². The molecular formula is C14H15N5O2. The van der Waals surface area contributed by atoms with Crippen LogP contribution in [-0.2, 0) is 0 Å². The van der Waals surface area contributed by atoms with Crippen LogP contribution in [0.25, 0.3) is 5.69 Å². The number of amides is 3. The van der Waals surface area contributed by atoms with Crippen LogP contribution in [0.4, 0.5) is 4.79 Å². The molecule has 108 valence electrons. The van der Waals surface area contributed by atoms with E-state index in [1.165, 1.54) is 4.90 Å². The van der Waals surface area contributed by atoms with Crippen LogP contribution in [-0.4, -0.2) is 45.8 Å². The highest BCUT2D eigenvalue weighted by Gasteiger charge is 2.30. The lowest BCUT2D eigenvalue weighted by Gasteiger charge is -2.38. The maximum atomic E-state index is 12.2. The zero-order valence-corrected chi connectivity index (χ0v) is 11.3. The average molecular weight is 285 g/mol. The summed E-state index contributed by atoms with van der Waals surface area (Å²) in [5, 5.41) is 7.00. The van der Waals surface area contributed by atoms with E-state index in [-0.39, 0.29) is 11.9 Å². The van der Waals surface area contributed by atoms with E-state index in [9.17, 15) is 9.59 Å². The van der Waals surface area contributed by atoms with Gasteiger partial charge in [0.1, 0.15) is 0 Å². The Morgan fingerprint density at radius 3 is 2.76 bits per heavy atom. The highest BCUT2D eigenvalue weighted by Crippen LogP contribution is 2.12. The van der Waals surface area contributed by atoms with Gasteiger partial charge in [-0.2, -0.15) is 5.10 Å². The molecule has 3 amide bonds. The Balaban J connectivity index is 1.66. The van der Waals surface area contributed by atoms with Gasteiger partial charge in [-0.3, -0.25) is 4.79 Å². The molecule has 1 aromatic heterocycles. The first-order valence-corrected chi connectivity index (χ1v) is 6.59. The second-order valence-electron chi connectivity index (χ2n) is 4.91. The van der Waals surface area contributed by atoms with E-state index in [2.05, 4.69) is 10.4 Å². The number of nitrogens with zero attached hydrogens (tertiary/aromatic N) is 3. The predicted octanol–water partition coefficient (Wildman–Crippen LogP) is 0.365. The number of primary amides is 1. The SMILES string of the molecule is NC(=O)N1CC(NC(=O)c2cccc(-n3cccn3)c2)C1. The molecule has 7 heteroatoms. The molecule has 0 radical (unpaired) electrons. The molecule has 1 aromatic carbocycles. The Kier molecular flexibility index (Phi) is 3.31. The van der Waals surface area contributed by atoms with Gasteiger partial charge in [-0.1, -0.05) is 6.07 Å². The minimum atomic E-state index is -0.457. The third-order valence-corrected chi connectivity index (χ3v) is 3.41. The Hall–Kier alpha value is -2.83. The van der Waals surface area contributed by atoms with Crippen molar-refractivity contribution in [1.29, 1.82) is 0 Å². The van der Waals surface area contributed by atoms with Crippen molar-refractivity contribution < 1.29 is 9.59 Å². The van der Waals surface area contributed by atoms with E-state index in [0.29, 0.717) is 18.7 Å². The number of nitrogens with two attached hydrogens (primary N) is 1. The van der Waals surface area contributed by atoms with E-state index >= 15 is 0 Å². The average Bonchev–Trinajstić information content (AvgIpc) is 2.96. The minimum Gasteiger partial charge on any atom is -0.351 e. The fourth-order valence-electron chi connectivity index (χ4n) is 2.23. The number of benzene rings is 1. The number of likely N-dealkylation sites (tertiary alicyclic amines) is 1. The van der Waals surface area contributed by atoms with E-state index in [0.717, 1.165) is 5.69 Å². The molecule has 3 rings (SSSR count). The van der Waals surface area contributed by atoms with Crippen molar-refractivity contribution in [2.45, 2.75) is 6.04 Å². The standard InChI is InChI=1S/C14H15N5O2/c15-14(21)18-8-11(9-18)17-13(20)10-3-1-4-12(7-10)19-6-2-5-16-19/h1-7,11H,8-9H2,(H2,15,21)(H,17,20). The predicted molar refractivity (Wildman–Crippen MR) is 76.0 cm³/mol. The lowest BCUT2D eigenvalue weighted by molar-refractivity contribution is 0.0861. The fraction of sp³-hybridized carbons (Fsp3) is 0.214. The van der Waals surface area contributed by atoms with Crippen LogP contribution < -0.4 is 11.1 Å². The molecular weight excluding hydrogens is 270 g/mol. The smallest absolute Gasteiger partial charge is 0.314 e.